The topological polar surface area (TPSA) is 98.5 Å². The summed E-state index contributed by atoms with van der Waals surface area (Å²) in [6.07, 6.45) is 1.69. The van der Waals surface area contributed by atoms with Gasteiger partial charge in [-0.3, -0.25) is 8.98 Å². The van der Waals surface area contributed by atoms with Gasteiger partial charge >= 0.3 is 10.3 Å². The Labute approximate surface area is 101 Å². The van der Waals surface area contributed by atoms with Crippen LogP contribution < -0.4 is 10.5 Å². The minimum absolute atomic E-state index is 0.0404. The molecular weight excluding hydrogens is 244 g/mol. The zero-order valence-corrected chi connectivity index (χ0v) is 10.8. The van der Waals surface area contributed by atoms with Crippen molar-refractivity contribution in [2.75, 3.05) is 0 Å². The van der Waals surface area contributed by atoms with Crippen LogP contribution in [0.2, 0.25) is 0 Å². The maximum Gasteiger partial charge on any atom is 0.362 e. The van der Waals surface area contributed by atoms with Crippen LogP contribution in [0.4, 0.5) is 0 Å². The van der Waals surface area contributed by atoms with E-state index in [0.717, 1.165) is 12.8 Å². The first kappa shape index (κ1) is 12.8. The zero-order chi connectivity index (χ0) is 12.8. The molecule has 0 radical (unpaired) electrons. The summed E-state index contributed by atoms with van der Waals surface area (Å²) in [4.78, 5) is 11.8. The maximum absolute atomic E-state index is 11.8. The summed E-state index contributed by atoms with van der Waals surface area (Å²) in [6, 6.07) is 0. The van der Waals surface area contributed by atoms with Gasteiger partial charge in [-0.15, -0.1) is 0 Å². The predicted molar refractivity (Wildman–Crippen MR) is 61.0 cm³/mol. The molecule has 7 heteroatoms. The highest BCUT2D eigenvalue weighted by Crippen LogP contribution is 2.46. The van der Waals surface area contributed by atoms with Crippen LogP contribution in [0.25, 0.3) is 0 Å². The van der Waals surface area contributed by atoms with Gasteiger partial charge in [-0.1, -0.05) is 13.8 Å². The summed E-state index contributed by atoms with van der Waals surface area (Å²) in [6.45, 7) is 3.92. The average molecular weight is 262 g/mol. The molecule has 1 amide bonds. The molecule has 2 aliphatic carbocycles. The Kier molecular flexibility index (Phi) is 2.95. The lowest BCUT2D eigenvalue weighted by molar-refractivity contribution is -0.122. The standard InChI is InChI=1S/C10H18N2O4S/c1-6(2)8-5-10(8,11)9(13)12-17(14,15)16-7-3-4-7/h6-8H,3-5,11H2,1-2H3,(H,12,13). The molecule has 2 saturated carbocycles. The minimum Gasteiger partial charge on any atom is -0.317 e. The van der Waals surface area contributed by atoms with Crippen molar-refractivity contribution in [3.63, 3.8) is 0 Å². The van der Waals surface area contributed by atoms with Crippen molar-refractivity contribution in [3.8, 4) is 0 Å². The maximum atomic E-state index is 11.8. The highest BCUT2D eigenvalue weighted by Gasteiger charge is 2.59. The van der Waals surface area contributed by atoms with Crippen molar-refractivity contribution in [2.45, 2.75) is 44.8 Å². The lowest BCUT2D eigenvalue weighted by Crippen LogP contribution is -2.47. The van der Waals surface area contributed by atoms with Gasteiger partial charge in [0.15, 0.2) is 0 Å². The fourth-order valence-electron chi connectivity index (χ4n) is 1.97. The number of carbonyl (C=O) groups is 1. The van der Waals surface area contributed by atoms with Crippen molar-refractivity contribution in [1.29, 1.82) is 0 Å². The summed E-state index contributed by atoms with van der Waals surface area (Å²) in [7, 11) is -3.99. The van der Waals surface area contributed by atoms with E-state index in [0.29, 0.717) is 6.42 Å². The minimum atomic E-state index is -3.99. The first-order chi connectivity index (χ1) is 7.74. The van der Waals surface area contributed by atoms with Gasteiger partial charge in [0.25, 0.3) is 5.91 Å². The van der Waals surface area contributed by atoms with E-state index < -0.39 is 21.8 Å². The number of rotatable bonds is 5. The van der Waals surface area contributed by atoms with Gasteiger partial charge in [0.1, 0.15) is 0 Å². The Morgan fingerprint density at radius 1 is 1.47 bits per heavy atom. The van der Waals surface area contributed by atoms with E-state index >= 15 is 0 Å². The number of hydrogen-bond donors (Lipinski definition) is 2. The van der Waals surface area contributed by atoms with E-state index in [4.69, 9.17) is 9.92 Å². The van der Waals surface area contributed by atoms with Crippen molar-refractivity contribution in [2.24, 2.45) is 17.6 Å². The van der Waals surface area contributed by atoms with Crippen LogP contribution in [0.1, 0.15) is 33.1 Å². The van der Waals surface area contributed by atoms with Gasteiger partial charge < -0.3 is 5.73 Å². The molecule has 0 bridgehead atoms. The zero-order valence-electron chi connectivity index (χ0n) is 9.97. The highest BCUT2D eigenvalue weighted by atomic mass is 32.2. The second-order valence-corrected chi connectivity index (χ2v) is 6.58. The summed E-state index contributed by atoms with van der Waals surface area (Å²) in [5.74, 6) is -0.353. The quantitative estimate of drug-likeness (QED) is 0.721. The Bertz CT molecular complexity index is 430. The van der Waals surface area contributed by atoms with Gasteiger partial charge in [0, 0.05) is 0 Å². The van der Waals surface area contributed by atoms with Crippen molar-refractivity contribution in [3.05, 3.63) is 0 Å². The number of nitrogens with one attached hydrogen (secondary N) is 1. The number of amides is 1. The summed E-state index contributed by atoms with van der Waals surface area (Å²) in [5.41, 5.74) is 4.81. The molecule has 2 atom stereocenters. The van der Waals surface area contributed by atoms with Crippen molar-refractivity contribution >= 4 is 16.2 Å². The number of nitrogens with two attached hydrogens (primary N) is 1. The van der Waals surface area contributed by atoms with Gasteiger partial charge in [0.2, 0.25) is 0 Å². The monoisotopic (exact) mass is 262 g/mol. The van der Waals surface area contributed by atoms with E-state index in [1.807, 2.05) is 18.6 Å². The first-order valence-corrected chi connectivity index (χ1v) is 7.20. The molecule has 17 heavy (non-hydrogen) atoms. The van der Waals surface area contributed by atoms with E-state index in [-0.39, 0.29) is 17.9 Å². The molecule has 2 fully saturated rings. The van der Waals surface area contributed by atoms with Crippen LogP contribution in [-0.2, 0) is 19.3 Å². The third-order valence-corrected chi connectivity index (χ3v) is 4.25. The molecule has 6 nitrogen and oxygen atoms in total. The third kappa shape index (κ3) is 2.78. The van der Waals surface area contributed by atoms with E-state index in [1.165, 1.54) is 0 Å². The fraction of sp³-hybridized carbons (Fsp3) is 0.900. The van der Waals surface area contributed by atoms with Gasteiger partial charge in [-0.25, -0.2) is 4.72 Å². The molecule has 0 spiro atoms. The normalized spacial score (nSPS) is 32.6. The SMILES string of the molecule is CC(C)C1CC1(N)C(=O)NS(=O)(=O)OC1CC1. The number of hydrogen-bond acceptors (Lipinski definition) is 5. The van der Waals surface area contributed by atoms with Crippen LogP contribution in [0, 0.1) is 11.8 Å². The van der Waals surface area contributed by atoms with Crippen molar-refractivity contribution < 1.29 is 17.4 Å². The molecule has 2 unspecified atom stereocenters. The summed E-state index contributed by atoms with van der Waals surface area (Å²) < 4.78 is 29.5. The lowest BCUT2D eigenvalue weighted by atomic mass is 10.0. The Hall–Kier alpha value is -0.660. The largest absolute Gasteiger partial charge is 0.362 e. The van der Waals surface area contributed by atoms with Gasteiger partial charge in [-0.05, 0) is 31.1 Å². The molecule has 0 aromatic heterocycles. The van der Waals surface area contributed by atoms with E-state index in [1.54, 1.807) is 0 Å². The molecule has 0 saturated heterocycles. The molecule has 98 valence electrons. The van der Waals surface area contributed by atoms with E-state index in [2.05, 4.69) is 0 Å². The van der Waals surface area contributed by atoms with Gasteiger partial charge in [-0.2, -0.15) is 8.42 Å². The predicted octanol–water partition coefficient (Wildman–Crippen LogP) is -0.100. The van der Waals surface area contributed by atoms with Crippen LogP contribution >= 0.6 is 0 Å². The van der Waals surface area contributed by atoms with Crippen LogP contribution in [0.3, 0.4) is 0 Å². The summed E-state index contributed by atoms with van der Waals surface area (Å²) in [5, 5.41) is 0. The number of carbonyl (C=O) groups excluding carboxylic acids is 1. The van der Waals surface area contributed by atoms with Gasteiger partial charge in [0.05, 0.1) is 11.6 Å². The first-order valence-electron chi connectivity index (χ1n) is 5.79. The van der Waals surface area contributed by atoms with Crippen LogP contribution in [0.5, 0.6) is 0 Å². The second-order valence-electron chi connectivity index (χ2n) is 5.28. The third-order valence-electron chi connectivity index (χ3n) is 3.29. The molecular formula is C10H18N2O4S. The molecule has 2 rings (SSSR count). The molecule has 0 heterocycles. The van der Waals surface area contributed by atoms with Crippen LogP contribution in [-0.4, -0.2) is 26.0 Å². The summed E-state index contributed by atoms with van der Waals surface area (Å²) >= 11 is 0. The molecule has 3 N–H and O–H groups in total. The Morgan fingerprint density at radius 3 is 2.47 bits per heavy atom. The highest BCUT2D eigenvalue weighted by molar-refractivity contribution is 7.85. The molecule has 0 aromatic rings. The molecule has 2 aliphatic rings. The van der Waals surface area contributed by atoms with Crippen LogP contribution in [0.15, 0.2) is 0 Å². The second kappa shape index (κ2) is 3.93. The van der Waals surface area contributed by atoms with Crippen molar-refractivity contribution in [1.82, 2.24) is 4.72 Å². The molecule has 0 aromatic carbocycles. The average Bonchev–Trinajstić information content (AvgIpc) is 3.02. The molecule has 0 aliphatic heterocycles. The van der Waals surface area contributed by atoms with E-state index in [9.17, 15) is 13.2 Å². The smallest absolute Gasteiger partial charge is 0.317 e. The lowest BCUT2D eigenvalue weighted by Gasteiger charge is -2.13. The Morgan fingerprint density at radius 2 is 2.06 bits per heavy atom. The fourth-order valence-corrected chi connectivity index (χ4v) is 2.99. The Balaban J connectivity index is 1.93.